The monoisotopic (exact) mass is 464 g/mol. The largest absolute Gasteiger partial charge is 0.341 e. The molecule has 1 atom stereocenters. The lowest BCUT2D eigenvalue weighted by Gasteiger charge is -2.15. The number of ketones is 1. The van der Waals surface area contributed by atoms with Gasteiger partial charge >= 0.3 is 5.76 Å². The predicted octanol–water partition coefficient (Wildman–Crippen LogP) is 3.94. The van der Waals surface area contributed by atoms with Crippen LogP contribution < -0.4 is 10.6 Å². The zero-order valence-corrected chi connectivity index (χ0v) is 18.1. The van der Waals surface area contributed by atoms with Gasteiger partial charge < -0.3 is 10.6 Å². The summed E-state index contributed by atoms with van der Waals surface area (Å²) in [5.41, 5.74) is 0.604. The van der Waals surface area contributed by atoms with Crippen molar-refractivity contribution in [1.82, 2.24) is 9.97 Å². The molecule has 0 radical (unpaired) electrons. The maximum absolute atomic E-state index is 13.1. The van der Waals surface area contributed by atoms with Crippen molar-refractivity contribution >= 4 is 38.9 Å². The first-order valence-electron chi connectivity index (χ1n) is 10.2. The lowest BCUT2D eigenvalue weighted by Crippen LogP contribution is -2.16. The molecule has 0 bridgehead atoms. The Morgan fingerprint density at radius 1 is 1.28 bits per heavy atom. The van der Waals surface area contributed by atoms with Crippen LogP contribution in [0.1, 0.15) is 49.4 Å². The summed E-state index contributed by atoms with van der Waals surface area (Å²) in [7, 11) is -4.94. The Balaban J connectivity index is 1.61. The van der Waals surface area contributed by atoms with Gasteiger partial charge in [-0.25, -0.2) is 18.4 Å². The fraction of sp³-hybridized carbons (Fsp3) is 0.429. The molecular formula is C21H22F2N4O4S. The summed E-state index contributed by atoms with van der Waals surface area (Å²) >= 11 is 0. The van der Waals surface area contributed by atoms with E-state index in [0.29, 0.717) is 17.8 Å². The summed E-state index contributed by atoms with van der Waals surface area (Å²) in [4.78, 5) is 32.0. The Morgan fingerprint density at radius 3 is 2.66 bits per heavy atom. The van der Waals surface area contributed by atoms with Crippen molar-refractivity contribution < 1.29 is 26.8 Å². The summed E-state index contributed by atoms with van der Waals surface area (Å²) in [6.07, 6.45) is 6.41. The number of hydrogen-bond acceptors (Lipinski definition) is 7. The average Bonchev–Trinajstić information content (AvgIpc) is 3.67. The van der Waals surface area contributed by atoms with Crippen molar-refractivity contribution in [3.8, 4) is 0 Å². The third-order valence-electron chi connectivity index (χ3n) is 6.04. The molecule has 2 saturated carbocycles. The Morgan fingerprint density at radius 2 is 2.03 bits per heavy atom. The average molecular weight is 464 g/mol. The van der Waals surface area contributed by atoms with Gasteiger partial charge in [0.1, 0.15) is 16.5 Å². The lowest BCUT2D eigenvalue weighted by molar-refractivity contribution is -0.116. The van der Waals surface area contributed by atoms with Gasteiger partial charge in [0.15, 0.2) is 5.78 Å². The van der Waals surface area contributed by atoms with Crippen LogP contribution in [0.15, 0.2) is 35.5 Å². The van der Waals surface area contributed by atoms with Crippen molar-refractivity contribution in [1.29, 1.82) is 0 Å². The van der Waals surface area contributed by atoms with E-state index in [2.05, 4.69) is 20.6 Å². The number of rotatable bonds is 9. The van der Waals surface area contributed by atoms with Crippen LogP contribution in [0.2, 0.25) is 0 Å². The van der Waals surface area contributed by atoms with E-state index in [-0.39, 0.29) is 41.0 Å². The van der Waals surface area contributed by atoms with E-state index in [4.69, 9.17) is 0 Å². The smallest absolute Gasteiger partial charge is 0.338 e. The number of pyridine rings is 2. The van der Waals surface area contributed by atoms with Crippen molar-refractivity contribution in [3.63, 3.8) is 0 Å². The molecule has 2 aromatic rings. The molecule has 11 heteroatoms. The van der Waals surface area contributed by atoms with Crippen LogP contribution in [0.4, 0.5) is 26.1 Å². The van der Waals surface area contributed by atoms with Gasteiger partial charge in [-0.05, 0) is 42.7 Å². The number of aromatic nitrogens is 2. The molecule has 2 N–H and O–H groups in total. The van der Waals surface area contributed by atoms with E-state index in [1.807, 2.05) is 0 Å². The molecule has 4 rings (SSSR count). The van der Waals surface area contributed by atoms with E-state index in [9.17, 15) is 26.8 Å². The summed E-state index contributed by atoms with van der Waals surface area (Å²) in [5, 5.41) is 5.36. The fourth-order valence-corrected chi connectivity index (χ4v) is 4.72. The number of sulfone groups is 1. The van der Waals surface area contributed by atoms with E-state index >= 15 is 0 Å². The second-order valence-electron chi connectivity index (χ2n) is 8.19. The molecule has 2 fully saturated rings. The minimum absolute atomic E-state index is 0.108. The van der Waals surface area contributed by atoms with Crippen LogP contribution in [0.5, 0.6) is 0 Å². The first-order valence-corrected chi connectivity index (χ1v) is 11.8. The number of alkyl halides is 2. The van der Waals surface area contributed by atoms with Crippen molar-refractivity contribution in [2.75, 3.05) is 10.6 Å². The number of Topliss-reactive ketones (excluding diaryl/α,β-unsaturated/α-hetero) is 1. The molecule has 0 aliphatic heterocycles. The fourth-order valence-electron chi connectivity index (χ4n) is 3.89. The van der Waals surface area contributed by atoms with Crippen molar-refractivity contribution in [3.05, 3.63) is 36.2 Å². The van der Waals surface area contributed by atoms with Crippen LogP contribution in [0, 0.1) is 11.3 Å². The molecule has 0 saturated heterocycles. The molecule has 2 aliphatic rings. The number of nitrogens with zero attached hydrogens (tertiary/aromatic N) is 2. The van der Waals surface area contributed by atoms with E-state index in [0.717, 1.165) is 12.5 Å². The van der Waals surface area contributed by atoms with Crippen LogP contribution in [0.3, 0.4) is 0 Å². The van der Waals surface area contributed by atoms with E-state index in [1.54, 1.807) is 6.92 Å². The molecular weight excluding hydrogens is 442 g/mol. The van der Waals surface area contributed by atoms with Gasteiger partial charge in [-0.2, -0.15) is 8.78 Å². The van der Waals surface area contributed by atoms with Gasteiger partial charge in [-0.15, -0.1) is 0 Å². The molecule has 0 aromatic carbocycles. The molecule has 1 amide bonds. The molecule has 0 unspecified atom stereocenters. The highest BCUT2D eigenvalue weighted by Gasteiger charge is 2.62. The number of hydrogen-bond donors (Lipinski definition) is 2. The number of halogens is 2. The Bertz CT molecular complexity index is 1180. The molecule has 2 heterocycles. The number of carbonyl (C=O) groups is 2. The number of nitrogens with one attached hydrogen (secondary N) is 2. The van der Waals surface area contributed by atoms with Gasteiger partial charge in [0.05, 0.1) is 11.3 Å². The standard InChI is InChI=1S/C21H22F2N4O4S/c1-2-15(28)13-11-25-17(27-18(29)8-12-10-21(12)5-6-21)9-14(13)26-19-16(4-3-7-24-19)32(30,31)20(22)23/h3-4,7,9,11-12,20H,2,5-6,8,10H2,1H3,(H2,24,25,26,27,29)/t12-/m0/s1. The molecule has 2 aliphatic carbocycles. The summed E-state index contributed by atoms with van der Waals surface area (Å²) in [6.45, 7) is 1.64. The lowest BCUT2D eigenvalue weighted by atomic mass is 10.1. The SMILES string of the molecule is CCC(=O)c1cnc(NC(=O)C[C@H]2CC23CC3)cc1Nc1ncccc1S(=O)(=O)C(F)F. The quantitative estimate of drug-likeness (QED) is 0.540. The van der Waals surface area contributed by atoms with Gasteiger partial charge in [-0.3, -0.25) is 9.59 Å². The number of amides is 1. The van der Waals surface area contributed by atoms with Crippen LogP contribution in [-0.4, -0.2) is 35.8 Å². The molecule has 170 valence electrons. The van der Waals surface area contributed by atoms with Gasteiger partial charge in [0.25, 0.3) is 0 Å². The Labute approximate surface area is 183 Å². The Hall–Kier alpha value is -2.95. The third kappa shape index (κ3) is 4.34. The van der Waals surface area contributed by atoms with Crippen molar-refractivity contribution in [2.45, 2.75) is 49.7 Å². The summed E-state index contributed by atoms with van der Waals surface area (Å²) in [5.74, 6) is -3.95. The van der Waals surface area contributed by atoms with Gasteiger partial charge in [-0.1, -0.05) is 6.92 Å². The van der Waals surface area contributed by atoms with E-state index < -0.39 is 20.5 Å². The normalized spacial score (nSPS) is 18.4. The Kier molecular flexibility index (Phi) is 5.70. The highest BCUT2D eigenvalue weighted by molar-refractivity contribution is 7.91. The van der Waals surface area contributed by atoms with Gasteiger partial charge in [0.2, 0.25) is 15.7 Å². The topological polar surface area (TPSA) is 118 Å². The van der Waals surface area contributed by atoms with Gasteiger partial charge in [0, 0.05) is 31.3 Å². The van der Waals surface area contributed by atoms with E-state index in [1.165, 1.54) is 37.4 Å². The maximum Gasteiger partial charge on any atom is 0.341 e. The summed E-state index contributed by atoms with van der Waals surface area (Å²) < 4.78 is 50.3. The minimum atomic E-state index is -4.94. The van der Waals surface area contributed by atoms with Crippen molar-refractivity contribution in [2.24, 2.45) is 11.3 Å². The molecule has 32 heavy (non-hydrogen) atoms. The third-order valence-corrected chi connectivity index (χ3v) is 7.45. The molecule has 8 nitrogen and oxygen atoms in total. The maximum atomic E-state index is 13.1. The molecule has 2 aromatic heterocycles. The predicted molar refractivity (Wildman–Crippen MR) is 113 cm³/mol. The zero-order chi connectivity index (χ0) is 23.1. The van der Waals surface area contributed by atoms with Crippen LogP contribution >= 0.6 is 0 Å². The second-order valence-corrected chi connectivity index (χ2v) is 10.1. The highest BCUT2D eigenvalue weighted by atomic mass is 32.2. The first-order chi connectivity index (χ1) is 15.2. The second kappa shape index (κ2) is 8.19. The summed E-state index contributed by atoms with van der Waals surface area (Å²) in [6, 6.07) is 3.60. The number of anilines is 3. The zero-order valence-electron chi connectivity index (χ0n) is 17.3. The first kappa shape index (κ1) is 22.3. The molecule has 1 spiro atoms. The van der Waals surface area contributed by atoms with Crippen LogP contribution in [0.25, 0.3) is 0 Å². The van der Waals surface area contributed by atoms with Crippen LogP contribution in [-0.2, 0) is 14.6 Å². The number of carbonyl (C=O) groups excluding carboxylic acids is 2. The highest BCUT2D eigenvalue weighted by Crippen LogP contribution is 2.71. The minimum Gasteiger partial charge on any atom is -0.338 e.